The van der Waals surface area contributed by atoms with Gasteiger partial charge in [-0.15, -0.1) is 0 Å². The van der Waals surface area contributed by atoms with Crippen molar-refractivity contribution >= 4 is 0 Å². The van der Waals surface area contributed by atoms with Gasteiger partial charge >= 0.3 is 0 Å². The standard InChI is InChI=1S/C10H17NO3/c1-7(12)8(2)14-10(6-11)9-4-3-5-13-9/h7-10,12H,3-5H2,1-2H3. The van der Waals surface area contributed by atoms with Crippen molar-refractivity contribution in [2.75, 3.05) is 6.61 Å². The molecule has 0 aromatic carbocycles. The Morgan fingerprint density at radius 2 is 2.29 bits per heavy atom. The Morgan fingerprint density at radius 1 is 1.57 bits per heavy atom. The van der Waals surface area contributed by atoms with Gasteiger partial charge in [0.25, 0.3) is 0 Å². The molecule has 0 radical (unpaired) electrons. The summed E-state index contributed by atoms with van der Waals surface area (Å²) in [7, 11) is 0. The molecule has 0 aliphatic carbocycles. The van der Waals surface area contributed by atoms with E-state index in [-0.39, 0.29) is 12.2 Å². The minimum atomic E-state index is -0.563. The summed E-state index contributed by atoms with van der Waals surface area (Å²) in [6.07, 6.45) is 0.277. The van der Waals surface area contributed by atoms with Gasteiger partial charge in [0.05, 0.1) is 24.4 Å². The number of hydrogen-bond donors (Lipinski definition) is 1. The summed E-state index contributed by atoms with van der Waals surface area (Å²) in [5.74, 6) is 0. The topological polar surface area (TPSA) is 62.5 Å². The number of hydrogen-bond acceptors (Lipinski definition) is 4. The SMILES string of the molecule is CC(O)C(C)OC(C#N)C1CCCO1. The highest BCUT2D eigenvalue weighted by molar-refractivity contribution is 4.93. The van der Waals surface area contributed by atoms with Crippen LogP contribution in [-0.2, 0) is 9.47 Å². The molecule has 0 spiro atoms. The number of nitrogens with zero attached hydrogens (tertiary/aromatic N) is 1. The van der Waals surface area contributed by atoms with Gasteiger partial charge in [0.2, 0.25) is 0 Å². The lowest BCUT2D eigenvalue weighted by Crippen LogP contribution is -2.34. The average Bonchev–Trinajstić information content (AvgIpc) is 2.66. The van der Waals surface area contributed by atoms with Gasteiger partial charge in [-0.1, -0.05) is 0 Å². The van der Waals surface area contributed by atoms with E-state index in [1.165, 1.54) is 0 Å². The van der Waals surface area contributed by atoms with E-state index in [1.807, 2.05) is 0 Å². The largest absolute Gasteiger partial charge is 0.391 e. The second kappa shape index (κ2) is 5.30. The first kappa shape index (κ1) is 11.4. The lowest BCUT2D eigenvalue weighted by molar-refractivity contribution is -0.0864. The molecule has 0 aromatic heterocycles. The Bertz CT molecular complexity index is 206. The molecule has 1 saturated heterocycles. The van der Waals surface area contributed by atoms with E-state index in [1.54, 1.807) is 13.8 Å². The maximum Gasteiger partial charge on any atom is 0.170 e. The van der Waals surface area contributed by atoms with Gasteiger partial charge < -0.3 is 14.6 Å². The summed E-state index contributed by atoms with van der Waals surface area (Å²) in [4.78, 5) is 0. The van der Waals surface area contributed by atoms with Crippen LogP contribution in [-0.4, -0.2) is 36.1 Å². The predicted molar refractivity (Wildman–Crippen MR) is 50.6 cm³/mol. The fraction of sp³-hybridized carbons (Fsp3) is 0.900. The van der Waals surface area contributed by atoms with Crippen molar-refractivity contribution < 1.29 is 14.6 Å². The summed E-state index contributed by atoms with van der Waals surface area (Å²) in [5, 5.41) is 18.1. The van der Waals surface area contributed by atoms with Crippen LogP contribution in [0.2, 0.25) is 0 Å². The van der Waals surface area contributed by atoms with Gasteiger partial charge in [-0.25, -0.2) is 0 Å². The van der Waals surface area contributed by atoms with Crippen LogP contribution < -0.4 is 0 Å². The van der Waals surface area contributed by atoms with Gasteiger partial charge in [-0.05, 0) is 26.7 Å². The second-order valence-electron chi connectivity index (χ2n) is 3.68. The van der Waals surface area contributed by atoms with Crippen LogP contribution in [0.5, 0.6) is 0 Å². The van der Waals surface area contributed by atoms with E-state index in [9.17, 15) is 5.11 Å². The number of ether oxygens (including phenoxy) is 2. The van der Waals surface area contributed by atoms with Gasteiger partial charge in [0, 0.05) is 6.61 Å². The highest BCUT2D eigenvalue weighted by Gasteiger charge is 2.28. The van der Waals surface area contributed by atoms with Crippen molar-refractivity contribution in [3.05, 3.63) is 0 Å². The van der Waals surface area contributed by atoms with Crippen LogP contribution >= 0.6 is 0 Å². The molecular weight excluding hydrogens is 182 g/mol. The molecule has 80 valence electrons. The molecule has 1 aliphatic heterocycles. The van der Waals surface area contributed by atoms with Crippen LogP contribution in [0, 0.1) is 11.3 Å². The highest BCUT2D eigenvalue weighted by atomic mass is 16.6. The molecular formula is C10H17NO3. The molecule has 1 rings (SSSR count). The quantitative estimate of drug-likeness (QED) is 0.729. The predicted octanol–water partition coefficient (Wildman–Crippen LogP) is 0.843. The molecule has 0 bridgehead atoms. The molecule has 1 heterocycles. The van der Waals surface area contributed by atoms with Crippen LogP contribution in [0.25, 0.3) is 0 Å². The fourth-order valence-corrected chi connectivity index (χ4v) is 1.39. The number of rotatable bonds is 4. The Balaban J connectivity index is 2.42. The molecule has 0 aromatic rings. The Hall–Kier alpha value is -0.630. The summed E-state index contributed by atoms with van der Waals surface area (Å²) in [6, 6.07) is 2.07. The van der Waals surface area contributed by atoms with Crippen molar-refractivity contribution in [1.82, 2.24) is 0 Å². The maximum absolute atomic E-state index is 9.23. The minimum absolute atomic E-state index is 0.124. The third kappa shape index (κ3) is 2.95. The van der Waals surface area contributed by atoms with E-state index >= 15 is 0 Å². The molecule has 0 saturated carbocycles. The first-order valence-electron chi connectivity index (χ1n) is 5.00. The van der Waals surface area contributed by atoms with Crippen LogP contribution in [0.3, 0.4) is 0 Å². The molecule has 0 amide bonds. The first-order valence-corrected chi connectivity index (χ1v) is 5.00. The number of aliphatic hydroxyl groups is 1. The molecule has 4 atom stereocenters. The van der Waals surface area contributed by atoms with E-state index in [2.05, 4.69) is 6.07 Å². The summed E-state index contributed by atoms with van der Waals surface area (Å²) < 4.78 is 10.8. The van der Waals surface area contributed by atoms with Crippen molar-refractivity contribution in [3.63, 3.8) is 0 Å². The normalized spacial score (nSPS) is 28.0. The van der Waals surface area contributed by atoms with Crippen molar-refractivity contribution in [3.8, 4) is 6.07 Å². The van der Waals surface area contributed by atoms with Crippen molar-refractivity contribution in [2.45, 2.75) is 51.1 Å². The molecule has 1 aliphatic rings. The third-order valence-electron chi connectivity index (χ3n) is 2.47. The first-order chi connectivity index (χ1) is 6.65. The Labute approximate surface area is 84.4 Å². The fourth-order valence-electron chi connectivity index (χ4n) is 1.39. The van der Waals surface area contributed by atoms with Gasteiger partial charge in [-0.2, -0.15) is 5.26 Å². The molecule has 4 nitrogen and oxygen atoms in total. The minimum Gasteiger partial charge on any atom is -0.391 e. The van der Waals surface area contributed by atoms with E-state index < -0.39 is 12.2 Å². The lowest BCUT2D eigenvalue weighted by atomic mass is 10.1. The molecule has 1 fully saturated rings. The second-order valence-corrected chi connectivity index (χ2v) is 3.68. The monoisotopic (exact) mass is 199 g/mol. The van der Waals surface area contributed by atoms with Gasteiger partial charge in [0.1, 0.15) is 0 Å². The van der Waals surface area contributed by atoms with Crippen molar-refractivity contribution in [2.24, 2.45) is 0 Å². The maximum atomic E-state index is 9.23. The molecule has 14 heavy (non-hydrogen) atoms. The highest BCUT2D eigenvalue weighted by Crippen LogP contribution is 2.19. The number of aliphatic hydroxyl groups excluding tert-OH is 1. The van der Waals surface area contributed by atoms with Crippen LogP contribution in [0.15, 0.2) is 0 Å². The number of nitriles is 1. The van der Waals surface area contributed by atoms with E-state index in [0.29, 0.717) is 6.61 Å². The van der Waals surface area contributed by atoms with Crippen LogP contribution in [0.1, 0.15) is 26.7 Å². The molecule has 1 N–H and O–H groups in total. The smallest absolute Gasteiger partial charge is 0.170 e. The summed E-state index contributed by atoms with van der Waals surface area (Å²) in [5.41, 5.74) is 0. The lowest BCUT2D eigenvalue weighted by Gasteiger charge is -2.22. The molecule has 4 heteroatoms. The third-order valence-corrected chi connectivity index (χ3v) is 2.47. The van der Waals surface area contributed by atoms with E-state index in [0.717, 1.165) is 12.8 Å². The Kier molecular flexibility index (Phi) is 4.33. The zero-order valence-electron chi connectivity index (χ0n) is 8.64. The zero-order chi connectivity index (χ0) is 10.6. The average molecular weight is 199 g/mol. The summed E-state index contributed by atoms with van der Waals surface area (Å²) >= 11 is 0. The summed E-state index contributed by atoms with van der Waals surface area (Å²) in [6.45, 7) is 4.10. The van der Waals surface area contributed by atoms with Crippen molar-refractivity contribution in [1.29, 1.82) is 5.26 Å². The van der Waals surface area contributed by atoms with E-state index in [4.69, 9.17) is 14.7 Å². The molecule has 4 unspecified atom stereocenters. The Morgan fingerprint density at radius 3 is 2.71 bits per heavy atom. The van der Waals surface area contributed by atoms with Gasteiger partial charge in [0.15, 0.2) is 6.10 Å². The zero-order valence-corrected chi connectivity index (χ0v) is 8.64. The van der Waals surface area contributed by atoms with Gasteiger partial charge in [-0.3, -0.25) is 0 Å². The van der Waals surface area contributed by atoms with Crippen LogP contribution in [0.4, 0.5) is 0 Å².